The third-order valence-electron chi connectivity index (χ3n) is 3.79. The van der Waals surface area contributed by atoms with E-state index in [1.165, 1.54) is 12.1 Å². The summed E-state index contributed by atoms with van der Waals surface area (Å²) in [6, 6.07) is 4.04. The molecule has 1 N–H and O–H groups in total. The fourth-order valence-corrected chi connectivity index (χ4v) is 2.43. The average Bonchev–Trinajstić information content (AvgIpc) is 3.02. The summed E-state index contributed by atoms with van der Waals surface area (Å²) in [6.07, 6.45) is 4.31. The van der Waals surface area contributed by atoms with Crippen molar-refractivity contribution < 1.29 is 18.7 Å². The van der Waals surface area contributed by atoms with Crippen LogP contribution in [0.15, 0.2) is 30.6 Å². The molecule has 0 unspecified atom stereocenters. The molecule has 7 heteroatoms. The second kappa shape index (κ2) is 8.54. The van der Waals surface area contributed by atoms with Crippen LogP contribution in [0.5, 0.6) is 0 Å². The largest absolute Gasteiger partial charge is 0.481 e. The Labute approximate surface area is 139 Å². The highest BCUT2D eigenvalue weighted by Gasteiger charge is 2.14. The van der Waals surface area contributed by atoms with Crippen molar-refractivity contribution in [2.75, 3.05) is 13.1 Å². The predicted octanol–water partition coefficient (Wildman–Crippen LogP) is 2.70. The molecule has 24 heavy (non-hydrogen) atoms. The van der Waals surface area contributed by atoms with E-state index in [0.717, 1.165) is 18.2 Å². The van der Waals surface area contributed by atoms with Gasteiger partial charge in [0.15, 0.2) is 11.6 Å². The van der Waals surface area contributed by atoms with Crippen molar-refractivity contribution in [1.29, 1.82) is 0 Å². The summed E-state index contributed by atoms with van der Waals surface area (Å²) < 4.78 is 29.0. The molecule has 0 atom stereocenters. The van der Waals surface area contributed by atoms with E-state index in [0.29, 0.717) is 13.0 Å². The number of aliphatic carboxylic acids is 1. The summed E-state index contributed by atoms with van der Waals surface area (Å²) in [7, 11) is 0. The molecule has 1 aromatic heterocycles. The first-order valence-electron chi connectivity index (χ1n) is 7.88. The van der Waals surface area contributed by atoms with Crippen LogP contribution in [-0.4, -0.2) is 38.8 Å². The van der Waals surface area contributed by atoms with E-state index < -0.39 is 17.6 Å². The molecule has 0 saturated heterocycles. The molecular weight excluding hydrogens is 316 g/mol. The number of carboxylic acids is 1. The van der Waals surface area contributed by atoms with Crippen LogP contribution in [0.2, 0.25) is 0 Å². The summed E-state index contributed by atoms with van der Waals surface area (Å²) in [4.78, 5) is 12.6. The first-order valence-corrected chi connectivity index (χ1v) is 7.88. The molecule has 0 bridgehead atoms. The van der Waals surface area contributed by atoms with Gasteiger partial charge in [0.2, 0.25) is 0 Å². The molecule has 0 amide bonds. The lowest BCUT2D eigenvalue weighted by Crippen LogP contribution is -2.28. The molecule has 2 aromatic rings. The second-order valence-corrected chi connectivity index (χ2v) is 5.59. The van der Waals surface area contributed by atoms with Gasteiger partial charge in [-0.05, 0) is 25.0 Å². The van der Waals surface area contributed by atoms with Crippen LogP contribution in [0.4, 0.5) is 8.78 Å². The Morgan fingerprint density at radius 2 is 2.12 bits per heavy atom. The van der Waals surface area contributed by atoms with Crippen LogP contribution < -0.4 is 0 Å². The van der Waals surface area contributed by atoms with Crippen LogP contribution in [0.1, 0.15) is 24.5 Å². The highest BCUT2D eigenvalue weighted by Crippen LogP contribution is 2.14. The summed E-state index contributed by atoms with van der Waals surface area (Å²) in [5.41, 5.74) is 1.25. The molecule has 130 valence electrons. The van der Waals surface area contributed by atoms with Crippen LogP contribution in [0, 0.1) is 11.6 Å². The zero-order valence-electron chi connectivity index (χ0n) is 13.6. The Hall–Kier alpha value is -2.28. The van der Waals surface area contributed by atoms with Gasteiger partial charge in [-0.15, -0.1) is 0 Å². The number of aromatic nitrogens is 2. The van der Waals surface area contributed by atoms with E-state index in [-0.39, 0.29) is 25.1 Å². The standard InChI is InChI=1S/C17H21F2N3O2/c1-2-22-11-13(10-20-22)6-8-21(9-7-16(23)24)12-14-4-3-5-15(18)17(14)19/h3-5,10-11H,2,6-9,12H2,1H3,(H,23,24). The molecule has 1 heterocycles. The van der Waals surface area contributed by atoms with Crippen LogP contribution >= 0.6 is 0 Å². The molecule has 0 radical (unpaired) electrons. The molecule has 5 nitrogen and oxygen atoms in total. The quantitative estimate of drug-likeness (QED) is 0.764. The minimum absolute atomic E-state index is 0.0504. The lowest BCUT2D eigenvalue weighted by atomic mass is 10.1. The molecule has 2 rings (SSSR count). The van der Waals surface area contributed by atoms with Crippen LogP contribution in [0.25, 0.3) is 0 Å². The van der Waals surface area contributed by atoms with Gasteiger partial charge in [0.25, 0.3) is 0 Å². The van der Waals surface area contributed by atoms with E-state index in [1.807, 2.05) is 22.7 Å². The van der Waals surface area contributed by atoms with Crippen molar-refractivity contribution in [1.82, 2.24) is 14.7 Å². The van der Waals surface area contributed by atoms with Gasteiger partial charge < -0.3 is 5.11 Å². The smallest absolute Gasteiger partial charge is 0.304 e. The maximum absolute atomic E-state index is 13.8. The van der Waals surface area contributed by atoms with E-state index in [9.17, 15) is 13.6 Å². The van der Waals surface area contributed by atoms with Gasteiger partial charge >= 0.3 is 5.97 Å². The van der Waals surface area contributed by atoms with Crippen molar-refractivity contribution in [2.45, 2.75) is 32.9 Å². The first-order chi connectivity index (χ1) is 11.5. The number of hydrogen-bond donors (Lipinski definition) is 1. The van der Waals surface area contributed by atoms with Gasteiger partial charge in [-0.1, -0.05) is 12.1 Å². The van der Waals surface area contributed by atoms with Crippen molar-refractivity contribution in [2.24, 2.45) is 0 Å². The van der Waals surface area contributed by atoms with Gasteiger partial charge in [-0.2, -0.15) is 5.10 Å². The summed E-state index contributed by atoms with van der Waals surface area (Å²) in [6.45, 7) is 3.74. The third-order valence-corrected chi connectivity index (χ3v) is 3.79. The van der Waals surface area contributed by atoms with E-state index in [1.54, 1.807) is 6.20 Å². The van der Waals surface area contributed by atoms with Gasteiger partial charge in [0.05, 0.1) is 12.6 Å². The number of carboxylic acid groups (broad SMARTS) is 1. The molecular formula is C17H21F2N3O2. The predicted molar refractivity (Wildman–Crippen MR) is 85.5 cm³/mol. The molecule has 0 aliphatic carbocycles. The van der Waals surface area contributed by atoms with Gasteiger partial charge in [-0.3, -0.25) is 14.4 Å². The minimum atomic E-state index is -0.918. The average molecular weight is 337 g/mol. The molecule has 0 spiro atoms. The fourth-order valence-electron chi connectivity index (χ4n) is 2.43. The summed E-state index contributed by atoms with van der Waals surface area (Å²) >= 11 is 0. The fraction of sp³-hybridized carbons (Fsp3) is 0.412. The lowest BCUT2D eigenvalue weighted by Gasteiger charge is -2.21. The number of rotatable bonds is 9. The molecule has 0 fully saturated rings. The van der Waals surface area contributed by atoms with E-state index in [2.05, 4.69) is 5.10 Å². The summed E-state index contributed by atoms with van der Waals surface area (Å²) in [5, 5.41) is 13.1. The van der Waals surface area contributed by atoms with Gasteiger partial charge in [0, 0.05) is 37.9 Å². The molecule has 1 aromatic carbocycles. The Kier molecular flexibility index (Phi) is 6.43. The number of nitrogens with zero attached hydrogens (tertiary/aromatic N) is 3. The zero-order chi connectivity index (χ0) is 17.5. The van der Waals surface area contributed by atoms with Crippen molar-refractivity contribution in [3.63, 3.8) is 0 Å². The van der Waals surface area contributed by atoms with Crippen LogP contribution in [0.3, 0.4) is 0 Å². The number of hydrogen-bond acceptors (Lipinski definition) is 3. The maximum Gasteiger partial charge on any atom is 0.304 e. The van der Waals surface area contributed by atoms with Crippen LogP contribution in [-0.2, 0) is 24.3 Å². The molecule has 0 saturated carbocycles. The third kappa shape index (κ3) is 5.13. The number of benzene rings is 1. The van der Waals surface area contributed by atoms with Crippen molar-refractivity contribution in [3.8, 4) is 0 Å². The lowest BCUT2D eigenvalue weighted by molar-refractivity contribution is -0.137. The van der Waals surface area contributed by atoms with Gasteiger partial charge in [-0.25, -0.2) is 8.78 Å². The Morgan fingerprint density at radius 1 is 1.33 bits per heavy atom. The number of halogens is 2. The topological polar surface area (TPSA) is 58.4 Å². The maximum atomic E-state index is 13.8. The number of carbonyl (C=O) groups is 1. The first kappa shape index (κ1) is 18.1. The number of aryl methyl sites for hydroxylation is 1. The Bertz CT molecular complexity index is 688. The second-order valence-electron chi connectivity index (χ2n) is 5.59. The zero-order valence-corrected chi connectivity index (χ0v) is 13.6. The van der Waals surface area contributed by atoms with E-state index >= 15 is 0 Å². The van der Waals surface area contributed by atoms with Crippen molar-refractivity contribution in [3.05, 3.63) is 53.4 Å². The molecule has 0 aliphatic rings. The SMILES string of the molecule is CCn1cc(CCN(CCC(=O)O)Cc2cccc(F)c2F)cn1. The summed E-state index contributed by atoms with van der Waals surface area (Å²) in [5.74, 6) is -2.69. The highest BCUT2D eigenvalue weighted by atomic mass is 19.2. The van der Waals surface area contributed by atoms with Gasteiger partial charge in [0.1, 0.15) is 0 Å². The highest BCUT2D eigenvalue weighted by molar-refractivity contribution is 5.66. The minimum Gasteiger partial charge on any atom is -0.481 e. The Morgan fingerprint density at radius 3 is 2.79 bits per heavy atom. The molecule has 0 aliphatic heterocycles. The monoisotopic (exact) mass is 337 g/mol. The van der Waals surface area contributed by atoms with Crippen molar-refractivity contribution >= 4 is 5.97 Å². The van der Waals surface area contributed by atoms with E-state index in [4.69, 9.17) is 5.11 Å². The normalized spacial score (nSPS) is 11.2. The Balaban J connectivity index is 2.03.